The summed E-state index contributed by atoms with van der Waals surface area (Å²) in [6, 6.07) is 11.9. The van der Waals surface area contributed by atoms with Crippen molar-refractivity contribution in [2.24, 2.45) is 0 Å². The van der Waals surface area contributed by atoms with Crippen molar-refractivity contribution in [2.45, 2.75) is 58.2 Å². The van der Waals surface area contributed by atoms with Gasteiger partial charge in [0.15, 0.2) is 0 Å². The molecule has 1 aromatic heterocycles. The minimum absolute atomic E-state index is 0.481. The lowest BCUT2D eigenvalue weighted by Crippen LogP contribution is -2.16. The first-order chi connectivity index (χ1) is 10.3. The standard InChI is InChI=1S/C18H25N3/c1-3-17(4-2)21-18(14-8-6-5-7-9-14)15(13-20-21)12-19-16-10-11-16/h5-9,13,16-17,19H,3-4,10-12H2,1-2H3. The molecule has 21 heavy (non-hydrogen) atoms. The van der Waals surface area contributed by atoms with Crippen LogP contribution in [0.3, 0.4) is 0 Å². The number of rotatable bonds is 7. The molecule has 1 saturated carbocycles. The SMILES string of the molecule is CCC(CC)n1ncc(CNC2CC2)c1-c1ccccc1. The van der Waals surface area contributed by atoms with Crippen LogP contribution in [-0.4, -0.2) is 15.8 Å². The van der Waals surface area contributed by atoms with Gasteiger partial charge in [-0.05, 0) is 25.7 Å². The number of nitrogens with one attached hydrogen (secondary N) is 1. The molecule has 0 spiro atoms. The van der Waals surface area contributed by atoms with Gasteiger partial charge < -0.3 is 5.32 Å². The van der Waals surface area contributed by atoms with E-state index in [0.717, 1.165) is 25.4 Å². The Hall–Kier alpha value is -1.61. The number of hydrogen-bond acceptors (Lipinski definition) is 2. The van der Waals surface area contributed by atoms with E-state index in [1.165, 1.54) is 29.7 Å². The molecule has 0 radical (unpaired) electrons. The highest BCUT2D eigenvalue weighted by Gasteiger charge is 2.22. The van der Waals surface area contributed by atoms with Crippen molar-refractivity contribution < 1.29 is 0 Å². The molecule has 0 saturated heterocycles. The highest BCUT2D eigenvalue weighted by molar-refractivity contribution is 5.63. The van der Waals surface area contributed by atoms with E-state index >= 15 is 0 Å². The zero-order chi connectivity index (χ0) is 14.7. The summed E-state index contributed by atoms with van der Waals surface area (Å²) in [5, 5.41) is 8.33. The van der Waals surface area contributed by atoms with Gasteiger partial charge in [0.1, 0.15) is 0 Å². The Morgan fingerprint density at radius 1 is 1.19 bits per heavy atom. The third-order valence-electron chi connectivity index (χ3n) is 4.37. The second kappa shape index (κ2) is 6.44. The highest BCUT2D eigenvalue weighted by Crippen LogP contribution is 2.29. The van der Waals surface area contributed by atoms with Crippen molar-refractivity contribution in [3.8, 4) is 11.3 Å². The average molecular weight is 283 g/mol. The second-order valence-corrected chi connectivity index (χ2v) is 5.95. The molecule has 1 fully saturated rings. The Labute approximate surface area is 127 Å². The van der Waals surface area contributed by atoms with Crippen LogP contribution in [0.5, 0.6) is 0 Å². The Kier molecular flexibility index (Phi) is 4.39. The normalized spacial score (nSPS) is 14.8. The van der Waals surface area contributed by atoms with Crippen LogP contribution in [0.2, 0.25) is 0 Å². The maximum atomic E-state index is 4.71. The molecule has 3 heteroatoms. The van der Waals surface area contributed by atoms with Gasteiger partial charge in [-0.2, -0.15) is 5.10 Å². The van der Waals surface area contributed by atoms with Crippen molar-refractivity contribution in [1.82, 2.24) is 15.1 Å². The van der Waals surface area contributed by atoms with Gasteiger partial charge in [0.05, 0.1) is 17.9 Å². The molecule has 0 amide bonds. The maximum absolute atomic E-state index is 4.71. The third-order valence-corrected chi connectivity index (χ3v) is 4.37. The van der Waals surface area contributed by atoms with Crippen LogP contribution in [0.25, 0.3) is 11.3 Å². The van der Waals surface area contributed by atoms with Crippen molar-refractivity contribution in [1.29, 1.82) is 0 Å². The molecule has 0 bridgehead atoms. The van der Waals surface area contributed by atoms with Crippen LogP contribution < -0.4 is 5.32 Å². The Balaban J connectivity index is 1.95. The van der Waals surface area contributed by atoms with Crippen LogP contribution in [0, 0.1) is 0 Å². The summed E-state index contributed by atoms with van der Waals surface area (Å²) in [5.41, 5.74) is 3.88. The lowest BCUT2D eigenvalue weighted by atomic mass is 10.1. The van der Waals surface area contributed by atoms with E-state index < -0.39 is 0 Å². The van der Waals surface area contributed by atoms with Gasteiger partial charge in [-0.1, -0.05) is 44.2 Å². The lowest BCUT2D eigenvalue weighted by Gasteiger charge is -2.18. The number of nitrogens with zero attached hydrogens (tertiary/aromatic N) is 2. The van der Waals surface area contributed by atoms with Gasteiger partial charge in [-0.15, -0.1) is 0 Å². The summed E-state index contributed by atoms with van der Waals surface area (Å²) in [7, 11) is 0. The van der Waals surface area contributed by atoms with Gasteiger partial charge in [-0.25, -0.2) is 0 Å². The Morgan fingerprint density at radius 3 is 2.52 bits per heavy atom. The van der Waals surface area contributed by atoms with Crippen molar-refractivity contribution >= 4 is 0 Å². The fourth-order valence-corrected chi connectivity index (χ4v) is 2.89. The predicted octanol–water partition coefficient (Wildman–Crippen LogP) is 4.16. The average Bonchev–Trinajstić information content (AvgIpc) is 3.27. The van der Waals surface area contributed by atoms with Crippen molar-refractivity contribution in [3.05, 3.63) is 42.1 Å². The number of benzene rings is 1. The van der Waals surface area contributed by atoms with Crippen molar-refractivity contribution in [2.75, 3.05) is 0 Å². The molecule has 0 aliphatic heterocycles. The molecule has 1 N–H and O–H groups in total. The zero-order valence-electron chi connectivity index (χ0n) is 13.0. The summed E-state index contributed by atoms with van der Waals surface area (Å²) < 4.78 is 2.24. The van der Waals surface area contributed by atoms with Crippen molar-refractivity contribution in [3.63, 3.8) is 0 Å². The van der Waals surface area contributed by atoms with E-state index in [0.29, 0.717) is 6.04 Å². The smallest absolute Gasteiger partial charge is 0.0730 e. The summed E-state index contributed by atoms with van der Waals surface area (Å²) in [6.45, 7) is 5.41. The topological polar surface area (TPSA) is 29.9 Å². The first-order valence-corrected chi connectivity index (χ1v) is 8.18. The number of hydrogen-bond donors (Lipinski definition) is 1. The Morgan fingerprint density at radius 2 is 1.90 bits per heavy atom. The van der Waals surface area contributed by atoms with Crippen LogP contribution in [0.4, 0.5) is 0 Å². The van der Waals surface area contributed by atoms with E-state index in [-0.39, 0.29) is 0 Å². The summed E-state index contributed by atoms with van der Waals surface area (Å²) >= 11 is 0. The fraction of sp³-hybridized carbons (Fsp3) is 0.500. The van der Waals surface area contributed by atoms with Gasteiger partial charge in [0.25, 0.3) is 0 Å². The molecule has 3 rings (SSSR count). The zero-order valence-corrected chi connectivity index (χ0v) is 13.0. The largest absolute Gasteiger partial charge is 0.310 e. The molecule has 3 nitrogen and oxygen atoms in total. The van der Waals surface area contributed by atoms with E-state index in [1.807, 2.05) is 0 Å². The highest BCUT2D eigenvalue weighted by atomic mass is 15.3. The Bertz CT molecular complexity index is 565. The quantitative estimate of drug-likeness (QED) is 0.826. The summed E-state index contributed by atoms with van der Waals surface area (Å²) in [5.74, 6) is 0. The van der Waals surface area contributed by atoms with Crippen LogP contribution in [-0.2, 0) is 6.54 Å². The maximum Gasteiger partial charge on any atom is 0.0730 e. The van der Waals surface area contributed by atoms with Crippen LogP contribution >= 0.6 is 0 Å². The van der Waals surface area contributed by atoms with Gasteiger partial charge in [0.2, 0.25) is 0 Å². The molecule has 2 aromatic rings. The molecule has 1 heterocycles. The molecular formula is C18H25N3. The predicted molar refractivity (Wildman–Crippen MR) is 87.1 cm³/mol. The molecule has 1 aliphatic carbocycles. The third kappa shape index (κ3) is 3.18. The molecule has 112 valence electrons. The second-order valence-electron chi connectivity index (χ2n) is 5.95. The molecular weight excluding hydrogens is 258 g/mol. The van der Waals surface area contributed by atoms with Crippen LogP contribution in [0.15, 0.2) is 36.5 Å². The first kappa shape index (κ1) is 14.3. The first-order valence-electron chi connectivity index (χ1n) is 8.18. The van der Waals surface area contributed by atoms with Gasteiger partial charge >= 0.3 is 0 Å². The van der Waals surface area contributed by atoms with Gasteiger partial charge in [-0.3, -0.25) is 4.68 Å². The monoisotopic (exact) mass is 283 g/mol. The fourth-order valence-electron chi connectivity index (χ4n) is 2.89. The van der Waals surface area contributed by atoms with Crippen LogP contribution in [0.1, 0.15) is 51.1 Å². The number of aromatic nitrogens is 2. The summed E-state index contributed by atoms with van der Waals surface area (Å²) in [6.07, 6.45) is 6.93. The molecule has 0 unspecified atom stereocenters. The minimum Gasteiger partial charge on any atom is -0.310 e. The molecule has 0 atom stereocenters. The van der Waals surface area contributed by atoms with Gasteiger partial charge in [0, 0.05) is 23.7 Å². The molecule has 1 aliphatic rings. The molecule has 1 aromatic carbocycles. The van der Waals surface area contributed by atoms with E-state index in [4.69, 9.17) is 5.10 Å². The van der Waals surface area contributed by atoms with E-state index in [2.05, 4.69) is 60.4 Å². The van der Waals surface area contributed by atoms with E-state index in [1.54, 1.807) is 0 Å². The van der Waals surface area contributed by atoms with E-state index in [9.17, 15) is 0 Å². The lowest BCUT2D eigenvalue weighted by molar-refractivity contribution is 0.432. The minimum atomic E-state index is 0.481. The summed E-state index contributed by atoms with van der Waals surface area (Å²) in [4.78, 5) is 0.